The highest BCUT2D eigenvalue weighted by molar-refractivity contribution is 6.40. The van der Waals surface area contributed by atoms with Crippen LogP contribution in [-0.4, -0.2) is 11.7 Å². The van der Waals surface area contributed by atoms with Gasteiger partial charge in [0.1, 0.15) is 5.60 Å². The van der Waals surface area contributed by atoms with Crippen LogP contribution in [-0.2, 0) is 4.74 Å². The first-order chi connectivity index (χ1) is 7.69. The van der Waals surface area contributed by atoms with Gasteiger partial charge in [0.2, 0.25) is 0 Å². The van der Waals surface area contributed by atoms with Gasteiger partial charge in [-0.2, -0.15) is 0 Å². The lowest BCUT2D eigenvalue weighted by molar-refractivity contribution is 0.0636. The number of ether oxygens (including phenoxy) is 1. The molecule has 0 fully saturated rings. The Morgan fingerprint density at radius 3 is 2.18 bits per heavy atom. The van der Waals surface area contributed by atoms with Gasteiger partial charge in [-0.3, -0.25) is 5.32 Å². The maximum atomic E-state index is 11.5. The summed E-state index contributed by atoms with van der Waals surface area (Å²) >= 11 is 11.8. The number of nitrogens with two attached hydrogens (primary N) is 1. The highest BCUT2D eigenvalue weighted by atomic mass is 35.5. The molecule has 6 heteroatoms. The van der Waals surface area contributed by atoms with Crippen LogP contribution in [0.15, 0.2) is 12.1 Å². The summed E-state index contributed by atoms with van der Waals surface area (Å²) in [7, 11) is 0. The van der Waals surface area contributed by atoms with E-state index in [4.69, 9.17) is 33.7 Å². The maximum Gasteiger partial charge on any atom is 0.412 e. The van der Waals surface area contributed by atoms with E-state index in [0.717, 1.165) is 0 Å². The fourth-order valence-electron chi connectivity index (χ4n) is 1.12. The van der Waals surface area contributed by atoms with Gasteiger partial charge in [0.25, 0.3) is 0 Å². The molecule has 0 heterocycles. The molecule has 0 aliphatic rings. The van der Waals surface area contributed by atoms with E-state index in [-0.39, 0.29) is 15.7 Å². The number of rotatable bonds is 1. The molecule has 0 aliphatic heterocycles. The molecule has 0 spiro atoms. The molecule has 1 rings (SSSR count). The van der Waals surface area contributed by atoms with Gasteiger partial charge in [0.15, 0.2) is 0 Å². The molecule has 1 aromatic carbocycles. The van der Waals surface area contributed by atoms with Gasteiger partial charge in [-0.1, -0.05) is 23.2 Å². The number of nitrogens with one attached hydrogen (secondary N) is 1. The minimum Gasteiger partial charge on any atom is -0.444 e. The maximum absolute atomic E-state index is 11.5. The van der Waals surface area contributed by atoms with Crippen LogP contribution in [0.3, 0.4) is 0 Å². The number of carbonyl (C=O) groups excluding carboxylic acids is 1. The second-order valence-corrected chi connectivity index (χ2v) is 5.30. The topological polar surface area (TPSA) is 64.3 Å². The number of hydrogen-bond donors (Lipinski definition) is 2. The number of amides is 1. The molecule has 4 nitrogen and oxygen atoms in total. The lowest BCUT2D eigenvalue weighted by Crippen LogP contribution is -2.27. The molecule has 0 unspecified atom stereocenters. The Morgan fingerprint density at radius 1 is 1.29 bits per heavy atom. The molecule has 0 aromatic heterocycles. The van der Waals surface area contributed by atoms with Gasteiger partial charge in [-0.15, -0.1) is 0 Å². The first-order valence-corrected chi connectivity index (χ1v) is 5.69. The lowest BCUT2D eigenvalue weighted by Gasteiger charge is -2.20. The van der Waals surface area contributed by atoms with E-state index < -0.39 is 11.7 Å². The second kappa shape index (κ2) is 5.02. The van der Waals surface area contributed by atoms with Gasteiger partial charge in [-0.25, -0.2) is 4.79 Å². The van der Waals surface area contributed by atoms with E-state index in [1.165, 1.54) is 12.1 Å². The Bertz CT molecular complexity index is 419. The van der Waals surface area contributed by atoms with Crippen LogP contribution in [0.4, 0.5) is 16.2 Å². The van der Waals surface area contributed by atoms with Crippen molar-refractivity contribution in [1.29, 1.82) is 0 Å². The summed E-state index contributed by atoms with van der Waals surface area (Å²) in [6, 6.07) is 3.00. The highest BCUT2D eigenvalue weighted by Crippen LogP contribution is 2.33. The number of halogens is 2. The van der Waals surface area contributed by atoms with Crippen molar-refractivity contribution in [3.8, 4) is 0 Å². The lowest BCUT2D eigenvalue weighted by atomic mass is 10.2. The minimum absolute atomic E-state index is 0.265. The summed E-state index contributed by atoms with van der Waals surface area (Å²) in [6.45, 7) is 5.29. The van der Waals surface area contributed by atoms with Crippen LogP contribution >= 0.6 is 23.2 Å². The van der Waals surface area contributed by atoms with Crippen molar-refractivity contribution < 1.29 is 9.53 Å². The Hall–Kier alpha value is -1.13. The van der Waals surface area contributed by atoms with Crippen LogP contribution < -0.4 is 11.1 Å². The van der Waals surface area contributed by atoms with Crippen molar-refractivity contribution in [1.82, 2.24) is 0 Å². The number of hydrogen-bond acceptors (Lipinski definition) is 3. The summed E-state index contributed by atoms with van der Waals surface area (Å²) in [5.74, 6) is 0. The van der Waals surface area contributed by atoms with E-state index in [0.29, 0.717) is 5.69 Å². The zero-order valence-electron chi connectivity index (χ0n) is 9.80. The van der Waals surface area contributed by atoms with E-state index in [1.54, 1.807) is 20.8 Å². The van der Waals surface area contributed by atoms with Crippen LogP contribution in [0.1, 0.15) is 20.8 Å². The van der Waals surface area contributed by atoms with Crippen LogP contribution in [0.2, 0.25) is 10.0 Å². The van der Waals surface area contributed by atoms with Crippen molar-refractivity contribution >= 4 is 40.7 Å². The average Bonchev–Trinajstić information content (AvgIpc) is 2.08. The number of benzene rings is 1. The standard InChI is InChI=1S/C11H14Cl2N2O2/c1-11(2,3)17-10(16)15-9-7(12)4-6(14)5-8(9)13/h4-5H,14H2,1-3H3,(H,15,16). The quantitative estimate of drug-likeness (QED) is 0.764. The Kier molecular flexibility index (Phi) is 4.11. The van der Waals surface area contributed by atoms with E-state index in [1.807, 2.05) is 0 Å². The van der Waals surface area contributed by atoms with Crippen molar-refractivity contribution in [2.45, 2.75) is 26.4 Å². The summed E-state index contributed by atoms with van der Waals surface area (Å²) in [6.07, 6.45) is -0.619. The molecular weight excluding hydrogens is 263 g/mol. The second-order valence-electron chi connectivity index (χ2n) is 4.49. The number of carbonyl (C=O) groups is 1. The molecule has 0 saturated carbocycles. The predicted octanol–water partition coefficient (Wildman–Crippen LogP) is 3.92. The third-order valence-corrected chi connectivity index (χ3v) is 2.29. The molecule has 17 heavy (non-hydrogen) atoms. The predicted molar refractivity (Wildman–Crippen MR) is 70.7 cm³/mol. The zero-order valence-corrected chi connectivity index (χ0v) is 11.3. The molecule has 0 radical (unpaired) electrons. The van der Waals surface area contributed by atoms with Crippen molar-refractivity contribution in [2.24, 2.45) is 0 Å². The Morgan fingerprint density at radius 2 is 1.76 bits per heavy atom. The summed E-state index contributed by atoms with van der Waals surface area (Å²) in [5.41, 5.74) is 5.68. The van der Waals surface area contributed by atoms with Crippen LogP contribution in [0, 0.1) is 0 Å². The molecular formula is C11H14Cl2N2O2. The summed E-state index contributed by atoms with van der Waals surface area (Å²) in [5, 5.41) is 3.01. The molecule has 1 aromatic rings. The monoisotopic (exact) mass is 276 g/mol. The fourth-order valence-corrected chi connectivity index (χ4v) is 1.72. The highest BCUT2D eigenvalue weighted by Gasteiger charge is 2.18. The van der Waals surface area contributed by atoms with Gasteiger partial charge >= 0.3 is 6.09 Å². The van der Waals surface area contributed by atoms with Crippen molar-refractivity contribution in [2.75, 3.05) is 11.1 Å². The third kappa shape index (κ3) is 4.32. The minimum atomic E-state index is -0.619. The van der Waals surface area contributed by atoms with Crippen LogP contribution in [0.5, 0.6) is 0 Å². The van der Waals surface area contributed by atoms with Crippen molar-refractivity contribution in [3.05, 3.63) is 22.2 Å². The molecule has 0 bridgehead atoms. The Balaban J connectivity index is 2.86. The van der Waals surface area contributed by atoms with E-state index >= 15 is 0 Å². The molecule has 0 atom stereocenters. The first-order valence-electron chi connectivity index (χ1n) is 4.93. The van der Waals surface area contributed by atoms with Gasteiger partial charge in [0.05, 0.1) is 15.7 Å². The number of nitrogen functional groups attached to an aromatic ring is 1. The molecule has 0 saturated heterocycles. The smallest absolute Gasteiger partial charge is 0.412 e. The summed E-state index contributed by atoms with van der Waals surface area (Å²) in [4.78, 5) is 11.5. The number of anilines is 2. The normalized spacial score (nSPS) is 11.1. The zero-order chi connectivity index (χ0) is 13.2. The molecule has 1 amide bonds. The molecule has 3 N–H and O–H groups in total. The van der Waals surface area contributed by atoms with Gasteiger partial charge in [-0.05, 0) is 32.9 Å². The largest absolute Gasteiger partial charge is 0.444 e. The average molecular weight is 277 g/mol. The Labute approximate surface area is 110 Å². The van der Waals surface area contributed by atoms with Gasteiger partial charge in [0, 0.05) is 5.69 Å². The summed E-state index contributed by atoms with van der Waals surface area (Å²) < 4.78 is 5.08. The fraction of sp³-hybridized carbons (Fsp3) is 0.364. The third-order valence-electron chi connectivity index (χ3n) is 1.69. The van der Waals surface area contributed by atoms with Crippen molar-refractivity contribution in [3.63, 3.8) is 0 Å². The molecule has 94 valence electrons. The van der Waals surface area contributed by atoms with E-state index in [9.17, 15) is 4.79 Å². The first kappa shape index (κ1) is 13.9. The molecule has 0 aliphatic carbocycles. The SMILES string of the molecule is CC(C)(C)OC(=O)Nc1c(Cl)cc(N)cc1Cl. The van der Waals surface area contributed by atoms with E-state index in [2.05, 4.69) is 5.32 Å². The van der Waals surface area contributed by atoms with Gasteiger partial charge < -0.3 is 10.5 Å². The van der Waals surface area contributed by atoms with Crippen LogP contribution in [0.25, 0.3) is 0 Å².